The van der Waals surface area contributed by atoms with Gasteiger partial charge in [-0.1, -0.05) is 12.1 Å². The Morgan fingerprint density at radius 1 is 1.09 bits per heavy atom. The van der Waals surface area contributed by atoms with E-state index in [0.717, 1.165) is 61.8 Å². The van der Waals surface area contributed by atoms with Crippen LogP contribution in [0.25, 0.3) is 0 Å². The molecule has 32 heavy (non-hydrogen) atoms. The third-order valence-electron chi connectivity index (χ3n) is 6.16. The molecular weight excluding hydrogens is 400 g/mol. The van der Waals surface area contributed by atoms with Gasteiger partial charge in [-0.15, -0.1) is 0 Å². The van der Waals surface area contributed by atoms with Crippen LogP contribution >= 0.6 is 0 Å². The second kappa shape index (κ2) is 10.7. The number of rotatable bonds is 8. The molecule has 1 aliphatic carbocycles. The maximum absolute atomic E-state index is 6.10. The van der Waals surface area contributed by atoms with E-state index < -0.39 is 0 Å². The zero-order chi connectivity index (χ0) is 22.3. The number of pyridine rings is 1. The van der Waals surface area contributed by atoms with Gasteiger partial charge in [0.1, 0.15) is 11.6 Å². The maximum atomic E-state index is 6.10. The summed E-state index contributed by atoms with van der Waals surface area (Å²) in [5.74, 6) is 3.54. The van der Waals surface area contributed by atoms with Gasteiger partial charge >= 0.3 is 0 Å². The topological polar surface area (TPSA) is 65.0 Å². The van der Waals surface area contributed by atoms with Crippen LogP contribution in [0, 0.1) is 12.8 Å². The molecule has 172 valence electrons. The highest BCUT2D eigenvalue weighted by molar-refractivity contribution is 5.79. The number of ether oxygens (including phenoxy) is 1. The lowest BCUT2D eigenvalue weighted by molar-refractivity contribution is 0.296. The number of guanidine groups is 1. The Morgan fingerprint density at radius 3 is 2.62 bits per heavy atom. The minimum absolute atomic E-state index is 0.669. The number of benzene rings is 1. The second-order valence-electron chi connectivity index (χ2n) is 8.96. The average molecular weight is 437 g/mol. The van der Waals surface area contributed by atoms with Gasteiger partial charge in [-0.05, 0) is 62.1 Å². The molecule has 2 aliphatic rings. The first-order valence-electron chi connectivity index (χ1n) is 11.7. The van der Waals surface area contributed by atoms with Crippen LogP contribution in [0.2, 0.25) is 0 Å². The fourth-order valence-electron chi connectivity index (χ4n) is 3.80. The van der Waals surface area contributed by atoms with Crippen molar-refractivity contribution in [1.82, 2.24) is 20.5 Å². The number of likely N-dealkylation sites (N-methyl/N-ethyl adjacent to an activating group) is 1. The largest absolute Gasteiger partial charge is 0.493 e. The first-order valence-corrected chi connectivity index (χ1v) is 11.7. The van der Waals surface area contributed by atoms with E-state index in [9.17, 15) is 0 Å². The summed E-state index contributed by atoms with van der Waals surface area (Å²) < 4.78 is 6.10. The van der Waals surface area contributed by atoms with Crippen molar-refractivity contribution in [2.75, 3.05) is 51.8 Å². The molecule has 7 nitrogen and oxygen atoms in total. The SMILES string of the molecule is CN=C(NCc1ccnc(N2CCN(C)CC2)c1)NCc1ccc(C)cc1OCC1CC1. The summed E-state index contributed by atoms with van der Waals surface area (Å²) in [4.78, 5) is 13.7. The van der Waals surface area contributed by atoms with E-state index in [-0.39, 0.29) is 0 Å². The molecule has 2 aromatic rings. The predicted octanol–water partition coefficient (Wildman–Crippen LogP) is 2.80. The molecule has 0 spiro atoms. The molecule has 1 saturated heterocycles. The summed E-state index contributed by atoms with van der Waals surface area (Å²) in [6.45, 7) is 8.48. The van der Waals surface area contributed by atoms with Crippen LogP contribution in [0.3, 0.4) is 0 Å². The number of hydrogen-bond acceptors (Lipinski definition) is 5. The van der Waals surface area contributed by atoms with Crippen molar-refractivity contribution < 1.29 is 4.74 Å². The van der Waals surface area contributed by atoms with Gasteiger partial charge in [0.05, 0.1) is 6.61 Å². The maximum Gasteiger partial charge on any atom is 0.191 e. The fraction of sp³-hybridized carbons (Fsp3) is 0.520. The van der Waals surface area contributed by atoms with Crippen LogP contribution in [0.5, 0.6) is 5.75 Å². The van der Waals surface area contributed by atoms with Crippen LogP contribution in [0.4, 0.5) is 5.82 Å². The molecule has 1 saturated carbocycles. The number of aliphatic imine (C=N–C) groups is 1. The molecule has 0 radical (unpaired) electrons. The molecular formula is C25H36N6O. The Hall–Kier alpha value is -2.80. The van der Waals surface area contributed by atoms with E-state index in [1.54, 1.807) is 7.05 Å². The number of hydrogen-bond donors (Lipinski definition) is 2. The molecule has 0 bridgehead atoms. The Bertz CT molecular complexity index is 918. The molecule has 0 atom stereocenters. The van der Waals surface area contributed by atoms with Crippen molar-refractivity contribution in [3.05, 3.63) is 53.2 Å². The Kier molecular flexibility index (Phi) is 7.47. The lowest BCUT2D eigenvalue weighted by Gasteiger charge is -2.33. The van der Waals surface area contributed by atoms with Gasteiger partial charge in [0, 0.05) is 58.1 Å². The quantitative estimate of drug-likeness (QED) is 0.490. The number of nitrogens with one attached hydrogen (secondary N) is 2. The van der Waals surface area contributed by atoms with Crippen LogP contribution < -0.4 is 20.3 Å². The minimum Gasteiger partial charge on any atom is -0.493 e. The van der Waals surface area contributed by atoms with Crippen LogP contribution in [0.1, 0.15) is 29.5 Å². The Morgan fingerprint density at radius 2 is 1.88 bits per heavy atom. The minimum atomic E-state index is 0.669. The fourth-order valence-corrected chi connectivity index (χ4v) is 3.80. The number of aryl methyl sites for hydroxylation is 1. The van der Waals surface area contributed by atoms with Crippen molar-refractivity contribution in [2.45, 2.75) is 32.9 Å². The van der Waals surface area contributed by atoms with E-state index in [1.807, 2.05) is 6.20 Å². The summed E-state index contributed by atoms with van der Waals surface area (Å²) >= 11 is 0. The monoisotopic (exact) mass is 436 g/mol. The first kappa shape index (κ1) is 22.4. The van der Waals surface area contributed by atoms with Crippen LogP contribution in [-0.4, -0.2) is 62.7 Å². The van der Waals surface area contributed by atoms with Crippen LogP contribution in [-0.2, 0) is 13.1 Å². The van der Waals surface area contributed by atoms with Gasteiger partial charge in [-0.2, -0.15) is 0 Å². The average Bonchev–Trinajstić information content (AvgIpc) is 3.64. The first-order chi connectivity index (χ1) is 15.6. The summed E-state index contributed by atoms with van der Waals surface area (Å²) in [5.41, 5.74) is 3.57. The number of aromatic nitrogens is 1. The molecule has 4 rings (SSSR count). The van der Waals surface area contributed by atoms with Crippen molar-refractivity contribution in [3.63, 3.8) is 0 Å². The number of anilines is 1. The summed E-state index contributed by atoms with van der Waals surface area (Å²) in [6, 6.07) is 10.6. The molecule has 2 fully saturated rings. The zero-order valence-corrected chi connectivity index (χ0v) is 19.6. The van der Waals surface area contributed by atoms with E-state index in [2.05, 4.69) is 74.7 Å². The lowest BCUT2D eigenvalue weighted by Crippen LogP contribution is -2.44. The van der Waals surface area contributed by atoms with Gasteiger partial charge < -0.3 is 25.2 Å². The predicted molar refractivity (Wildman–Crippen MR) is 130 cm³/mol. The summed E-state index contributed by atoms with van der Waals surface area (Å²) in [7, 11) is 3.97. The molecule has 2 heterocycles. The van der Waals surface area contributed by atoms with Crippen LogP contribution in [0.15, 0.2) is 41.5 Å². The smallest absolute Gasteiger partial charge is 0.191 e. The molecule has 1 aromatic heterocycles. The lowest BCUT2D eigenvalue weighted by atomic mass is 10.1. The highest BCUT2D eigenvalue weighted by Gasteiger charge is 2.22. The van der Waals surface area contributed by atoms with Gasteiger partial charge in [-0.25, -0.2) is 4.98 Å². The zero-order valence-electron chi connectivity index (χ0n) is 19.6. The van der Waals surface area contributed by atoms with Crippen molar-refractivity contribution in [1.29, 1.82) is 0 Å². The highest BCUT2D eigenvalue weighted by Crippen LogP contribution is 2.30. The number of piperazine rings is 1. The summed E-state index contributed by atoms with van der Waals surface area (Å²) in [6.07, 6.45) is 4.49. The van der Waals surface area contributed by atoms with E-state index in [0.29, 0.717) is 13.1 Å². The van der Waals surface area contributed by atoms with Crippen molar-refractivity contribution in [2.24, 2.45) is 10.9 Å². The van der Waals surface area contributed by atoms with E-state index in [4.69, 9.17) is 4.74 Å². The second-order valence-corrected chi connectivity index (χ2v) is 8.96. The van der Waals surface area contributed by atoms with Gasteiger partial charge in [-0.3, -0.25) is 4.99 Å². The van der Waals surface area contributed by atoms with E-state index >= 15 is 0 Å². The molecule has 2 N–H and O–H groups in total. The van der Waals surface area contributed by atoms with Gasteiger partial charge in [0.2, 0.25) is 0 Å². The third kappa shape index (κ3) is 6.36. The molecule has 0 amide bonds. The Labute approximate surface area is 191 Å². The Balaban J connectivity index is 1.30. The van der Waals surface area contributed by atoms with Crippen molar-refractivity contribution in [3.8, 4) is 5.75 Å². The highest BCUT2D eigenvalue weighted by atomic mass is 16.5. The van der Waals surface area contributed by atoms with Gasteiger partial charge in [0.25, 0.3) is 0 Å². The number of nitrogens with zero attached hydrogens (tertiary/aromatic N) is 4. The summed E-state index contributed by atoms with van der Waals surface area (Å²) in [5, 5.41) is 6.86. The standard InChI is InChI=1S/C25H36N6O/c1-19-4-7-22(23(14-19)32-18-20-5-6-20)17-29-25(26-2)28-16-21-8-9-27-24(15-21)31-12-10-30(3)11-13-31/h4,7-9,14-15,20H,5-6,10-13,16-18H2,1-3H3,(H2,26,28,29). The molecule has 1 aromatic carbocycles. The molecule has 0 unspecified atom stereocenters. The normalized spacial score (nSPS) is 17.3. The third-order valence-corrected chi connectivity index (χ3v) is 6.16. The molecule has 1 aliphatic heterocycles. The van der Waals surface area contributed by atoms with Gasteiger partial charge in [0.15, 0.2) is 5.96 Å². The van der Waals surface area contributed by atoms with E-state index in [1.165, 1.54) is 24.0 Å². The van der Waals surface area contributed by atoms with Crippen molar-refractivity contribution >= 4 is 11.8 Å². The molecule has 7 heteroatoms.